The Morgan fingerprint density at radius 2 is 2.18 bits per heavy atom. The number of nitrogens with one attached hydrogen (secondary N) is 1. The number of nitrogens with zero attached hydrogens (tertiary/aromatic N) is 3. The van der Waals surface area contributed by atoms with Gasteiger partial charge in [0.25, 0.3) is 0 Å². The molecule has 0 bridgehead atoms. The quantitative estimate of drug-likeness (QED) is 0.878. The highest BCUT2D eigenvalue weighted by Crippen LogP contribution is 2.34. The highest BCUT2D eigenvalue weighted by molar-refractivity contribution is 5.36. The first-order chi connectivity index (χ1) is 10.6. The normalized spacial score (nSPS) is 25.3. The molecule has 2 N–H and O–H groups in total. The number of likely N-dealkylation sites (tertiary alicyclic amines) is 1. The van der Waals surface area contributed by atoms with Gasteiger partial charge in [-0.15, -0.1) is 0 Å². The number of aryl methyl sites for hydroxylation is 1. The van der Waals surface area contributed by atoms with E-state index < -0.39 is 5.60 Å². The fraction of sp³-hybridized carbons (Fsp3) is 0.750. The number of ether oxygens (including phenoxy) is 1. The number of aromatic nitrogens is 2. The van der Waals surface area contributed by atoms with Gasteiger partial charge in [-0.2, -0.15) is 0 Å². The number of rotatable bonds is 4. The summed E-state index contributed by atoms with van der Waals surface area (Å²) in [6, 6.07) is 2.31. The molecule has 0 spiro atoms. The van der Waals surface area contributed by atoms with Gasteiger partial charge in [0.05, 0.1) is 17.3 Å². The number of aliphatic hydroxyl groups is 1. The summed E-state index contributed by atoms with van der Waals surface area (Å²) in [5, 5.41) is 13.9. The molecule has 2 aliphatic rings. The fourth-order valence-electron chi connectivity index (χ4n) is 3.53. The van der Waals surface area contributed by atoms with Crippen molar-refractivity contribution in [3.05, 3.63) is 17.6 Å². The molecule has 2 saturated heterocycles. The Morgan fingerprint density at radius 3 is 2.91 bits per heavy atom. The summed E-state index contributed by atoms with van der Waals surface area (Å²) < 4.78 is 5.38. The first-order valence-electron chi connectivity index (χ1n) is 8.17. The summed E-state index contributed by atoms with van der Waals surface area (Å²) in [6.07, 6.45) is 3.68. The van der Waals surface area contributed by atoms with Crippen LogP contribution in [0.1, 0.15) is 43.2 Å². The molecule has 1 aromatic heterocycles. The lowest BCUT2D eigenvalue weighted by Gasteiger charge is -2.37. The molecule has 1 atom stereocenters. The molecule has 22 heavy (non-hydrogen) atoms. The van der Waals surface area contributed by atoms with Crippen LogP contribution in [0.4, 0.5) is 5.82 Å². The number of hydrogen-bond acceptors (Lipinski definition) is 6. The van der Waals surface area contributed by atoms with Crippen LogP contribution in [0.25, 0.3) is 0 Å². The lowest BCUT2D eigenvalue weighted by Crippen LogP contribution is -2.46. The maximum Gasteiger partial charge on any atom is 0.129 e. The van der Waals surface area contributed by atoms with Crippen molar-refractivity contribution >= 4 is 5.82 Å². The highest BCUT2D eigenvalue weighted by atomic mass is 16.5. The predicted molar refractivity (Wildman–Crippen MR) is 84.9 cm³/mol. The van der Waals surface area contributed by atoms with E-state index in [-0.39, 0.29) is 6.04 Å². The van der Waals surface area contributed by atoms with Gasteiger partial charge < -0.3 is 15.2 Å². The Bertz CT molecular complexity index is 517. The van der Waals surface area contributed by atoms with Crippen molar-refractivity contribution in [1.82, 2.24) is 14.9 Å². The second-order valence-corrected chi connectivity index (χ2v) is 6.44. The van der Waals surface area contributed by atoms with E-state index in [2.05, 4.69) is 20.2 Å². The van der Waals surface area contributed by atoms with Crippen LogP contribution >= 0.6 is 0 Å². The smallest absolute Gasteiger partial charge is 0.129 e. The summed E-state index contributed by atoms with van der Waals surface area (Å²) >= 11 is 0. The number of hydrogen-bond donors (Lipinski definition) is 2. The molecule has 0 aromatic carbocycles. The molecule has 122 valence electrons. The van der Waals surface area contributed by atoms with Crippen LogP contribution in [0.2, 0.25) is 0 Å². The van der Waals surface area contributed by atoms with Crippen molar-refractivity contribution in [2.75, 3.05) is 38.7 Å². The van der Waals surface area contributed by atoms with Crippen molar-refractivity contribution in [3.63, 3.8) is 0 Å². The lowest BCUT2D eigenvalue weighted by molar-refractivity contribution is -0.0817. The van der Waals surface area contributed by atoms with E-state index in [9.17, 15) is 5.11 Å². The zero-order chi connectivity index (χ0) is 15.6. The van der Waals surface area contributed by atoms with Gasteiger partial charge in [-0.3, -0.25) is 4.90 Å². The molecule has 0 unspecified atom stereocenters. The second-order valence-electron chi connectivity index (χ2n) is 6.44. The van der Waals surface area contributed by atoms with Crippen LogP contribution in [0.5, 0.6) is 0 Å². The van der Waals surface area contributed by atoms with E-state index in [4.69, 9.17) is 4.74 Å². The minimum Gasteiger partial charge on any atom is -0.388 e. The predicted octanol–water partition coefficient (Wildman–Crippen LogP) is 1.51. The monoisotopic (exact) mass is 306 g/mol. The maximum absolute atomic E-state index is 10.8. The van der Waals surface area contributed by atoms with E-state index >= 15 is 0 Å². The third kappa shape index (κ3) is 3.39. The van der Waals surface area contributed by atoms with Crippen molar-refractivity contribution in [2.24, 2.45) is 0 Å². The van der Waals surface area contributed by atoms with Gasteiger partial charge >= 0.3 is 0 Å². The summed E-state index contributed by atoms with van der Waals surface area (Å²) in [4.78, 5) is 11.4. The Labute approximate surface area is 131 Å². The summed E-state index contributed by atoms with van der Waals surface area (Å²) in [5.41, 5.74) is 0.444. The molecule has 0 amide bonds. The minimum atomic E-state index is -0.616. The van der Waals surface area contributed by atoms with E-state index in [0.29, 0.717) is 19.8 Å². The fourth-order valence-corrected chi connectivity index (χ4v) is 3.53. The second kappa shape index (κ2) is 6.48. The van der Waals surface area contributed by atoms with Gasteiger partial charge in [0, 0.05) is 45.7 Å². The van der Waals surface area contributed by atoms with Gasteiger partial charge in [-0.1, -0.05) is 0 Å². The minimum absolute atomic E-state index is 0.278. The standard InChI is InChI=1S/C16H26N4O2/c1-12-18-13(10-15(17-2)19-12)14-4-3-7-20(14)11-16(21)5-8-22-9-6-16/h10,14,21H,3-9,11H2,1-2H3,(H,17,18,19)/t14-/m0/s1. The molecule has 2 aliphatic heterocycles. The van der Waals surface area contributed by atoms with Crippen molar-refractivity contribution in [2.45, 2.75) is 44.2 Å². The Balaban J connectivity index is 1.76. The Morgan fingerprint density at radius 1 is 1.41 bits per heavy atom. The molecular formula is C16H26N4O2. The molecule has 6 heteroatoms. The Hall–Kier alpha value is -1.24. The van der Waals surface area contributed by atoms with Crippen LogP contribution in [0.15, 0.2) is 6.07 Å². The van der Waals surface area contributed by atoms with Gasteiger partial charge in [0.1, 0.15) is 11.6 Å². The Kier molecular flexibility index (Phi) is 4.61. The molecule has 3 heterocycles. The molecule has 0 radical (unpaired) electrons. The first kappa shape index (κ1) is 15.6. The number of β-amino-alcohol motifs (C(OH)–C–C–N with tert-alkyl or cyclic N) is 1. The topological polar surface area (TPSA) is 70.5 Å². The zero-order valence-corrected chi connectivity index (χ0v) is 13.5. The van der Waals surface area contributed by atoms with Crippen molar-refractivity contribution < 1.29 is 9.84 Å². The van der Waals surface area contributed by atoms with Crippen LogP contribution in [-0.2, 0) is 4.74 Å². The maximum atomic E-state index is 10.8. The van der Waals surface area contributed by atoms with Gasteiger partial charge in [-0.25, -0.2) is 9.97 Å². The average molecular weight is 306 g/mol. The third-order valence-corrected chi connectivity index (χ3v) is 4.74. The largest absolute Gasteiger partial charge is 0.388 e. The average Bonchev–Trinajstić information content (AvgIpc) is 2.94. The molecule has 3 rings (SSSR count). The highest BCUT2D eigenvalue weighted by Gasteiger charge is 2.37. The van der Waals surface area contributed by atoms with E-state index in [1.54, 1.807) is 0 Å². The van der Waals surface area contributed by atoms with Crippen LogP contribution in [0.3, 0.4) is 0 Å². The van der Waals surface area contributed by atoms with Crippen LogP contribution < -0.4 is 5.32 Å². The van der Waals surface area contributed by atoms with Gasteiger partial charge in [0.2, 0.25) is 0 Å². The van der Waals surface area contributed by atoms with Crippen molar-refractivity contribution in [3.8, 4) is 0 Å². The van der Waals surface area contributed by atoms with E-state index in [1.165, 1.54) is 0 Å². The molecule has 0 aliphatic carbocycles. The molecule has 6 nitrogen and oxygen atoms in total. The molecule has 2 fully saturated rings. The third-order valence-electron chi connectivity index (χ3n) is 4.74. The van der Waals surface area contributed by atoms with Gasteiger partial charge in [0.15, 0.2) is 0 Å². The summed E-state index contributed by atoms with van der Waals surface area (Å²) in [6.45, 7) is 4.97. The van der Waals surface area contributed by atoms with E-state index in [1.807, 2.05) is 20.0 Å². The molecule has 0 saturated carbocycles. The van der Waals surface area contributed by atoms with Gasteiger partial charge in [-0.05, 0) is 26.3 Å². The lowest BCUT2D eigenvalue weighted by atomic mass is 9.93. The molecular weight excluding hydrogens is 280 g/mol. The first-order valence-corrected chi connectivity index (χ1v) is 8.17. The summed E-state index contributed by atoms with van der Waals surface area (Å²) in [7, 11) is 1.88. The molecule has 1 aromatic rings. The summed E-state index contributed by atoms with van der Waals surface area (Å²) in [5.74, 6) is 1.65. The number of anilines is 1. The van der Waals surface area contributed by atoms with Crippen LogP contribution in [-0.4, -0.2) is 58.9 Å². The van der Waals surface area contributed by atoms with Crippen molar-refractivity contribution in [1.29, 1.82) is 0 Å². The van der Waals surface area contributed by atoms with E-state index in [0.717, 1.165) is 49.6 Å². The van der Waals surface area contributed by atoms with Crippen LogP contribution in [0, 0.1) is 6.92 Å². The SMILES string of the molecule is CNc1cc([C@@H]2CCCN2CC2(O)CCOCC2)nc(C)n1. The zero-order valence-electron chi connectivity index (χ0n) is 13.5.